The van der Waals surface area contributed by atoms with Gasteiger partial charge in [0.25, 0.3) is 0 Å². The third kappa shape index (κ3) is 4.30. The molecule has 0 aliphatic carbocycles. The summed E-state index contributed by atoms with van der Waals surface area (Å²) < 4.78 is 16.5. The molecule has 0 bridgehead atoms. The van der Waals surface area contributed by atoms with Crippen LogP contribution in [-0.4, -0.2) is 60.1 Å². The van der Waals surface area contributed by atoms with Crippen molar-refractivity contribution in [3.63, 3.8) is 0 Å². The number of hydrogen-bond acceptors (Lipinski definition) is 5. The number of benzene rings is 1. The molecule has 1 saturated heterocycles. The Morgan fingerprint density at radius 1 is 1.21 bits per heavy atom. The molecule has 3 rings (SSSR count). The van der Waals surface area contributed by atoms with Crippen LogP contribution in [0.5, 0.6) is 5.75 Å². The largest absolute Gasteiger partial charge is 0.497 e. The Morgan fingerprint density at radius 3 is 2.46 bits per heavy atom. The molecular formula is C21H27NO6. The number of hydrogen-bond donors (Lipinski definition) is 1. The van der Waals surface area contributed by atoms with Crippen molar-refractivity contribution in [3.8, 4) is 5.75 Å². The van der Waals surface area contributed by atoms with Crippen LogP contribution in [0.15, 0.2) is 30.3 Å². The van der Waals surface area contributed by atoms with Gasteiger partial charge in [-0.05, 0) is 50.5 Å². The van der Waals surface area contributed by atoms with Gasteiger partial charge in [-0.15, -0.1) is 0 Å². The molecule has 1 fully saturated rings. The molecule has 1 aromatic carbocycles. The van der Waals surface area contributed by atoms with Gasteiger partial charge in [0.05, 0.1) is 19.8 Å². The molecule has 28 heavy (non-hydrogen) atoms. The second kappa shape index (κ2) is 7.83. The molecule has 3 atom stereocenters. The highest BCUT2D eigenvalue weighted by Gasteiger charge is 2.50. The van der Waals surface area contributed by atoms with Gasteiger partial charge in [-0.3, -0.25) is 4.90 Å². The molecule has 2 heterocycles. The van der Waals surface area contributed by atoms with E-state index in [1.807, 2.05) is 30.3 Å². The average Bonchev–Trinajstić information content (AvgIpc) is 2.86. The summed E-state index contributed by atoms with van der Waals surface area (Å²) in [7, 11) is 1.62. The number of carboxylic acids is 1. The van der Waals surface area contributed by atoms with Crippen molar-refractivity contribution >= 4 is 17.6 Å². The van der Waals surface area contributed by atoms with E-state index in [1.165, 1.54) is 4.90 Å². The Morgan fingerprint density at radius 2 is 1.89 bits per heavy atom. The number of aliphatic carboxylic acids is 1. The van der Waals surface area contributed by atoms with Crippen molar-refractivity contribution in [3.05, 3.63) is 35.9 Å². The van der Waals surface area contributed by atoms with Gasteiger partial charge in [-0.2, -0.15) is 0 Å². The molecule has 0 unspecified atom stereocenters. The number of allylic oxidation sites excluding steroid dienone is 1. The van der Waals surface area contributed by atoms with Gasteiger partial charge in [0.2, 0.25) is 0 Å². The maximum Gasteiger partial charge on any atom is 0.411 e. The summed E-state index contributed by atoms with van der Waals surface area (Å²) in [4.78, 5) is 25.8. The Kier molecular flexibility index (Phi) is 5.65. The summed E-state index contributed by atoms with van der Waals surface area (Å²) in [6, 6.07) is 6.67. The molecule has 0 spiro atoms. The van der Waals surface area contributed by atoms with Crippen LogP contribution < -0.4 is 4.74 Å². The topological polar surface area (TPSA) is 85.3 Å². The molecule has 152 valence electrons. The summed E-state index contributed by atoms with van der Waals surface area (Å²) in [5, 5.41) is 9.74. The molecular weight excluding hydrogens is 362 g/mol. The van der Waals surface area contributed by atoms with Crippen molar-refractivity contribution in [2.75, 3.05) is 20.3 Å². The van der Waals surface area contributed by atoms with Crippen molar-refractivity contribution in [1.82, 2.24) is 4.90 Å². The first-order valence-electron chi connectivity index (χ1n) is 9.37. The zero-order chi connectivity index (χ0) is 20.5. The maximum atomic E-state index is 12.6. The van der Waals surface area contributed by atoms with Crippen molar-refractivity contribution in [1.29, 1.82) is 0 Å². The third-order valence-corrected chi connectivity index (χ3v) is 4.99. The monoisotopic (exact) mass is 389 g/mol. The number of ether oxygens (including phenoxy) is 3. The van der Waals surface area contributed by atoms with E-state index >= 15 is 0 Å². The van der Waals surface area contributed by atoms with Crippen LogP contribution in [0.2, 0.25) is 0 Å². The molecule has 0 aromatic heterocycles. The molecule has 1 amide bonds. The highest BCUT2D eigenvalue weighted by atomic mass is 16.6. The number of methoxy groups -OCH3 is 1. The van der Waals surface area contributed by atoms with Gasteiger partial charge in [0.1, 0.15) is 11.4 Å². The Bertz CT molecular complexity index is 764. The fraction of sp³-hybridized carbons (Fsp3) is 0.524. The Balaban J connectivity index is 1.81. The Hall–Kier alpha value is -2.54. The zero-order valence-electron chi connectivity index (χ0n) is 16.7. The van der Waals surface area contributed by atoms with Crippen LogP contribution in [0.3, 0.4) is 0 Å². The predicted molar refractivity (Wildman–Crippen MR) is 103 cm³/mol. The first-order chi connectivity index (χ1) is 13.2. The van der Waals surface area contributed by atoms with Gasteiger partial charge < -0.3 is 19.3 Å². The molecule has 2 aliphatic rings. The second-order valence-corrected chi connectivity index (χ2v) is 8.14. The van der Waals surface area contributed by atoms with E-state index in [2.05, 4.69) is 0 Å². The second-order valence-electron chi connectivity index (χ2n) is 8.14. The highest BCUT2D eigenvalue weighted by Crippen LogP contribution is 2.37. The lowest BCUT2D eigenvalue weighted by Crippen LogP contribution is -2.47. The lowest BCUT2D eigenvalue weighted by atomic mass is 9.91. The van der Waals surface area contributed by atoms with E-state index in [9.17, 15) is 14.7 Å². The van der Waals surface area contributed by atoms with E-state index in [0.717, 1.165) is 16.9 Å². The summed E-state index contributed by atoms with van der Waals surface area (Å²) in [5.41, 5.74) is 1.41. The smallest absolute Gasteiger partial charge is 0.411 e. The number of carbonyl (C=O) groups excluding carboxylic acids is 1. The molecule has 7 nitrogen and oxygen atoms in total. The van der Waals surface area contributed by atoms with Gasteiger partial charge >= 0.3 is 12.1 Å². The standard InChI is InChI=1S/C21H27NO6/c1-21(2,3)28-20(25)22-12-15-11-14(13-5-7-16(26-4)8-6-13)9-10-27-18(15)17(22)19(23)24/h5-9,15,17-18H,10-12H2,1-4H3,(H,23,24)/t15-,17-,18+/m0/s1. The molecule has 0 radical (unpaired) electrons. The summed E-state index contributed by atoms with van der Waals surface area (Å²) in [6.07, 6.45) is 1.42. The first kappa shape index (κ1) is 20.2. The number of amides is 1. The molecule has 1 N–H and O–H groups in total. The minimum Gasteiger partial charge on any atom is -0.497 e. The Labute approximate surface area is 164 Å². The van der Waals surface area contributed by atoms with Crippen LogP contribution >= 0.6 is 0 Å². The average molecular weight is 389 g/mol. The van der Waals surface area contributed by atoms with Crippen LogP contribution in [0.25, 0.3) is 5.57 Å². The highest BCUT2D eigenvalue weighted by molar-refractivity contribution is 5.82. The van der Waals surface area contributed by atoms with Gasteiger partial charge in [-0.25, -0.2) is 9.59 Å². The van der Waals surface area contributed by atoms with E-state index < -0.39 is 29.8 Å². The minimum atomic E-state index is -1.08. The fourth-order valence-electron chi connectivity index (χ4n) is 3.76. The quantitative estimate of drug-likeness (QED) is 0.855. The fourth-order valence-corrected chi connectivity index (χ4v) is 3.76. The molecule has 2 aliphatic heterocycles. The molecule has 0 saturated carbocycles. The van der Waals surface area contributed by atoms with E-state index in [4.69, 9.17) is 14.2 Å². The lowest BCUT2D eigenvalue weighted by Gasteiger charge is -2.28. The van der Waals surface area contributed by atoms with Gasteiger partial charge in [0.15, 0.2) is 6.04 Å². The molecule has 7 heteroatoms. The van der Waals surface area contributed by atoms with E-state index in [0.29, 0.717) is 13.0 Å². The van der Waals surface area contributed by atoms with Crippen molar-refractivity contribution in [2.45, 2.75) is 44.9 Å². The number of carbonyl (C=O) groups is 2. The summed E-state index contributed by atoms with van der Waals surface area (Å²) in [6.45, 7) is 5.86. The van der Waals surface area contributed by atoms with Crippen LogP contribution in [-0.2, 0) is 14.3 Å². The minimum absolute atomic E-state index is 0.121. The normalized spacial score (nSPS) is 24.8. The SMILES string of the molecule is COc1ccc(C2=CCO[C@@H]3[C@@H](C2)CN(C(=O)OC(C)(C)C)[C@@H]3C(=O)O)cc1. The van der Waals surface area contributed by atoms with Crippen LogP contribution in [0, 0.1) is 5.92 Å². The van der Waals surface area contributed by atoms with Gasteiger partial charge in [0, 0.05) is 12.5 Å². The van der Waals surface area contributed by atoms with Crippen molar-refractivity contribution in [2.24, 2.45) is 5.92 Å². The number of fused-ring (bicyclic) bond motifs is 1. The molecule has 1 aromatic rings. The summed E-state index contributed by atoms with van der Waals surface area (Å²) in [5.74, 6) is -0.425. The number of nitrogens with zero attached hydrogens (tertiary/aromatic N) is 1. The number of carboxylic acid groups (broad SMARTS) is 1. The van der Waals surface area contributed by atoms with Crippen LogP contribution in [0.4, 0.5) is 4.79 Å². The maximum absolute atomic E-state index is 12.6. The third-order valence-electron chi connectivity index (χ3n) is 4.99. The van der Waals surface area contributed by atoms with E-state index in [1.54, 1.807) is 27.9 Å². The van der Waals surface area contributed by atoms with Crippen LogP contribution in [0.1, 0.15) is 32.8 Å². The first-order valence-corrected chi connectivity index (χ1v) is 9.37. The number of rotatable bonds is 3. The van der Waals surface area contributed by atoms with Crippen molar-refractivity contribution < 1.29 is 28.9 Å². The number of likely N-dealkylation sites (tertiary alicyclic amines) is 1. The lowest BCUT2D eigenvalue weighted by molar-refractivity contribution is -0.146. The van der Waals surface area contributed by atoms with E-state index in [-0.39, 0.29) is 12.5 Å². The van der Waals surface area contributed by atoms with Gasteiger partial charge in [-0.1, -0.05) is 18.2 Å². The summed E-state index contributed by atoms with van der Waals surface area (Å²) >= 11 is 0. The predicted octanol–water partition coefficient (Wildman–Crippen LogP) is 3.19. The zero-order valence-corrected chi connectivity index (χ0v) is 16.7.